The Bertz CT molecular complexity index is 543. The van der Waals surface area contributed by atoms with E-state index in [9.17, 15) is 4.39 Å². The van der Waals surface area contributed by atoms with Crippen LogP contribution >= 0.6 is 11.3 Å². The number of hydrogen-bond acceptors (Lipinski definition) is 2. The minimum Gasteiger partial charge on any atom is -0.311 e. The van der Waals surface area contributed by atoms with Crippen LogP contribution in [0.4, 0.5) is 4.39 Å². The number of hydrogen-bond donors (Lipinski definition) is 1. The van der Waals surface area contributed by atoms with Crippen molar-refractivity contribution in [1.29, 1.82) is 0 Å². The molecule has 0 saturated carbocycles. The zero-order valence-electron chi connectivity index (χ0n) is 13.0. The average molecular weight is 305 g/mol. The van der Waals surface area contributed by atoms with E-state index in [2.05, 4.69) is 43.6 Å². The monoisotopic (exact) mass is 305 g/mol. The summed E-state index contributed by atoms with van der Waals surface area (Å²) in [5.74, 6) is 0.108. The van der Waals surface area contributed by atoms with Gasteiger partial charge in [0.25, 0.3) is 0 Å². The summed E-state index contributed by atoms with van der Waals surface area (Å²) in [6.07, 6.45) is 1.97. The van der Waals surface area contributed by atoms with E-state index < -0.39 is 0 Å². The SMILES string of the molecule is CC(C)(C)NCC(CCc1cccs1)c1ccccc1F. The maximum Gasteiger partial charge on any atom is 0.126 e. The van der Waals surface area contributed by atoms with E-state index in [4.69, 9.17) is 0 Å². The summed E-state index contributed by atoms with van der Waals surface area (Å²) in [7, 11) is 0. The summed E-state index contributed by atoms with van der Waals surface area (Å²) in [6.45, 7) is 7.23. The third-order valence-corrected chi connectivity index (χ3v) is 4.48. The van der Waals surface area contributed by atoms with Gasteiger partial charge in [-0.3, -0.25) is 0 Å². The van der Waals surface area contributed by atoms with Crippen LogP contribution in [0.3, 0.4) is 0 Å². The Hall–Kier alpha value is -1.19. The van der Waals surface area contributed by atoms with Gasteiger partial charge in [0.05, 0.1) is 0 Å². The van der Waals surface area contributed by atoms with Crippen LogP contribution in [0, 0.1) is 5.82 Å². The molecule has 0 aliphatic carbocycles. The minimum absolute atomic E-state index is 0.0481. The molecule has 1 aromatic heterocycles. The van der Waals surface area contributed by atoms with Crippen molar-refractivity contribution in [3.63, 3.8) is 0 Å². The zero-order chi connectivity index (χ0) is 15.3. The van der Waals surface area contributed by atoms with Gasteiger partial charge in [0.2, 0.25) is 0 Å². The highest BCUT2D eigenvalue weighted by Crippen LogP contribution is 2.25. The normalized spacial score (nSPS) is 13.3. The van der Waals surface area contributed by atoms with E-state index in [-0.39, 0.29) is 17.3 Å². The highest BCUT2D eigenvalue weighted by Gasteiger charge is 2.18. The first-order valence-electron chi connectivity index (χ1n) is 7.47. The number of benzene rings is 1. The van der Waals surface area contributed by atoms with Crippen molar-refractivity contribution in [1.82, 2.24) is 5.32 Å². The molecule has 3 heteroatoms. The molecular formula is C18H24FNS. The lowest BCUT2D eigenvalue weighted by atomic mass is 9.92. The summed E-state index contributed by atoms with van der Waals surface area (Å²) in [6, 6.07) is 11.4. The average Bonchev–Trinajstić information content (AvgIpc) is 2.92. The Kier molecular flexibility index (Phi) is 5.54. The predicted molar refractivity (Wildman–Crippen MR) is 89.5 cm³/mol. The molecule has 21 heavy (non-hydrogen) atoms. The van der Waals surface area contributed by atoms with Crippen LogP contribution in [-0.4, -0.2) is 12.1 Å². The molecule has 1 atom stereocenters. The second-order valence-electron chi connectivity index (χ2n) is 6.47. The Morgan fingerprint density at radius 2 is 1.90 bits per heavy atom. The smallest absolute Gasteiger partial charge is 0.126 e. The molecule has 114 valence electrons. The summed E-state index contributed by atoms with van der Waals surface area (Å²) in [5, 5.41) is 5.61. The number of nitrogens with one attached hydrogen (secondary N) is 1. The second-order valence-corrected chi connectivity index (χ2v) is 7.50. The van der Waals surface area contributed by atoms with Gasteiger partial charge in [0.1, 0.15) is 5.82 Å². The molecule has 0 aliphatic heterocycles. The van der Waals surface area contributed by atoms with Crippen molar-refractivity contribution < 1.29 is 4.39 Å². The van der Waals surface area contributed by atoms with Gasteiger partial charge < -0.3 is 5.32 Å². The Labute approximate surface area is 131 Å². The maximum atomic E-state index is 14.1. The molecule has 1 N–H and O–H groups in total. The van der Waals surface area contributed by atoms with Crippen molar-refractivity contribution >= 4 is 11.3 Å². The number of aryl methyl sites for hydroxylation is 1. The van der Waals surface area contributed by atoms with E-state index in [0.29, 0.717) is 0 Å². The summed E-state index contributed by atoms with van der Waals surface area (Å²) < 4.78 is 14.1. The fourth-order valence-electron chi connectivity index (χ4n) is 2.37. The predicted octanol–water partition coefficient (Wildman–Crippen LogP) is 4.99. The molecule has 1 heterocycles. The third-order valence-electron chi connectivity index (χ3n) is 3.54. The van der Waals surface area contributed by atoms with Gasteiger partial charge in [-0.15, -0.1) is 11.3 Å². The van der Waals surface area contributed by atoms with E-state index in [1.807, 2.05) is 12.1 Å². The highest BCUT2D eigenvalue weighted by molar-refractivity contribution is 7.09. The Morgan fingerprint density at radius 1 is 1.14 bits per heavy atom. The molecule has 0 aliphatic rings. The Morgan fingerprint density at radius 3 is 2.52 bits per heavy atom. The molecule has 0 amide bonds. The lowest BCUT2D eigenvalue weighted by molar-refractivity contribution is 0.395. The first-order chi connectivity index (χ1) is 9.96. The van der Waals surface area contributed by atoms with E-state index >= 15 is 0 Å². The maximum absolute atomic E-state index is 14.1. The van der Waals surface area contributed by atoms with E-state index in [0.717, 1.165) is 24.9 Å². The molecule has 0 bridgehead atoms. The number of thiophene rings is 1. The van der Waals surface area contributed by atoms with Crippen LogP contribution < -0.4 is 5.32 Å². The van der Waals surface area contributed by atoms with Crippen molar-refractivity contribution in [2.45, 2.75) is 45.1 Å². The van der Waals surface area contributed by atoms with Gasteiger partial charge in [0.15, 0.2) is 0 Å². The number of rotatable bonds is 6. The van der Waals surface area contributed by atoms with Crippen molar-refractivity contribution in [3.8, 4) is 0 Å². The van der Waals surface area contributed by atoms with Crippen LogP contribution in [0.25, 0.3) is 0 Å². The topological polar surface area (TPSA) is 12.0 Å². The van der Waals surface area contributed by atoms with Gasteiger partial charge in [-0.25, -0.2) is 4.39 Å². The fourth-order valence-corrected chi connectivity index (χ4v) is 3.10. The van der Waals surface area contributed by atoms with Gasteiger partial charge in [-0.1, -0.05) is 24.3 Å². The number of halogens is 1. The van der Waals surface area contributed by atoms with E-state index in [1.165, 1.54) is 4.88 Å². The molecule has 0 radical (unpaired) electrons. The molecule has 2 rings (SSSR count). The summed E-state index contributed by atoms with van der Waals surface area (Å²) in [4.78, 5) is 1.37. The first kappa shape index (κ1) is 16.2. The Balaban J connectivity index is 2.08. The summed E-state index contributed by atoms with van der Waals surface area (Å²) >= 11 is 1.77. The molecule has 1 unspecified atom stereocenters. The largest absolute Gasteiger partial charge is 0.311 e. The standard InChI is InChI=1S/C18H24FNS/c1-18(2,3)20-13-14(10-11-15-7-6-12-21-15)16-8-4-5-9-17(16)19/h4-9,12,14,20H,10-11,13H2,1-3H3. The van der Waals surface area contributed by atoms with Crippen LogP contribution in [0.1, 0.15) is 43.6 Å². The summed E-state index contributed by atoms with van der Waals surface area (Å²) in [5.41, 5.74) is 0.873. The molecule has 1 nitrogen and oxygen atoms in total. The molecule has 1 aromatic carbocycles. The lowest BCUT2D eigenvalue weighted by Gasteiger charge is -2.26. The highest BCUT2D eigenvalue weighted by atomic mass is 32.1. The van der Waals surface area contributed by atoms with Crippen molar-refractivity contribution in [3.05, 3.63) is 58.0 Å². The molecule has 2 aromatic rings. The molecular weight excluding hydrogens is 281 g/mol. The third kappa shape index (κ3) is 5.25. The van der Waals surface area contributed by atoms with Crippen LogP contribution in [0.15, 0.2) is 41.8 Å². The molecule has 0 saturated heterocycles. The van der Waals surface area contributed by atoms with Crippen LogP contribution in [0.2, 0.25) is 0 Å². The minimum atomic E-state index is -0.0932. The second kappa shape index (κ2) is 7.19. The quantitative estimate of drug-likeness (QED) is 0.792. The molecule has 0 fully saturated rings. The van der Waals surface area contributed by atoms with Crippen LogP contribution in [0.5, 0.6) is 0 Å². The van der Waals surface area contributed by atoms with Gasteiger partial charge >= 0.3 is 0 Å². The van der Waals surface area contributed by atoms with Crippen molar-refractivity contribution in [2.75, 3.05) is 6.54 Å². The zero-order valence-corrected chi connectivity index (χ0v) is 13.8. The van der Waals surface area contributed by atoms with Crippen molar-refractivity contribution in [2.24, 2.45) is 0 Å². The fraction of sp³-hybridized carbons (Fsp3) is 0.444. The van der Waals surface area contributed by atoms with Gasteiger partial charge in [-0.2, -0.15) is 0 Å². The van der Waals surface area contributed by atoms with E-state index in [1.54, 1.807) is 23.5 Å². The lowest BCUT2D eigenvalue weighted by Crippen LogP contribution is -2.38. The van der Waals surface area contributed by atoms with Gasteiger partial charge in [0, 0.05) is 17.0 Å². The first-order valence-corrected chi connectivity index (χ1v) is 8.35. The van der Waals surface area contributed by atoms with Crippen LogP contribution in [-0.2, 0) is 6.42 Å². The molecule has 0 spiro atoms. The van der Waals surface area contributed by atoms with Gasteiger partial charge in [-0.05, 0) is 62.6 Å².